The number of methoxy groups -OCH3 is 3. The van der Waals surface area contributed by atoms with Crippen LogP contribution in [0.25, 0.3) is 0 Å². The lowest BCUT2D eigenvalue weighted by Crippen LogP contribution is -2.33. The highest BCUT2D eigenvalue weighted by Gasteiger charge is 2.29. The topological polar surface area (TPSA) is 73.2 Å². The molecule has 1 aromatic carbocycles. The minimum absolute atomic E-state index is 0.0389. The number of pyridine rings is 1. The first-order valence-electron chi connectivity index (χ1n) is 11.1. The lowest BCUT2D eigenvalue weighted by atomic mass is 10.1. The molecule has 1 saturated heterocycles. The molecule has 1 aromatic heterocycles. The summed E-state index contributed by atoms with van der Waals surface area (Å²) < 4.78 is 18.3. The maximum absolute atomic E-state index is 13.3. The third-order valence-electron chi connectivity index (χ3n) is 6.42. The quantitative estimate of drug-likeness (QED) is 0.684. The van der Waals surface area contributed by atoms with Crippen LogP contribution < -0.4 is 19.8 Å². The van der Waals surface area contributed by atoms with Crippen molar-refractivity contribution in [2.45, 2.75) is 32.4 Å². The lowest BCUT2D eigenvalue weighted by molar-refractivity contribution is 0.0787. The highest BCUT2D eigenvalue weighted by molar-refractivity contribution is 5.98. The molecule has 0 atom stereocenters. The van der Waals surface area contributed by atoms with Gasteiger partial charge in [-0.15, -0.1) is 0 Å². The predicted octanol–water partition coefficient (Wildman–Crippen LogP) is 2.17. The fourth-order valence-electron chi connectivity index (χ4n) is 4.73. The Morgan fingerprint density at radius 2 is 1.56 bits per heavy atom. The van der Waals surface area contributed by atoms with E-state index in [1.54, 1.807) is 18.8 Å². The zero-order chi connectivity index (χ0) is 22.7. The smallest absolute Gasteiger partial charge is 0.259 e. The number of carbonyl (C=O) groups is 1. The van der Waals surface area contributed by atoms with Crippen molar-refractivity contribution < 1.29 is 19.0 Å². The van der Waals surface area contributed by atoms with Gasteiger partial charge in [0.25, 0.3) is 11.5 Å². The van der Waals surface area contributed by atoms with Crippen LogP contribution in [0.2, 0.25) is 0 Å². The van der Waals surface area contributed by atoms with E-state index in [2.05, 4.69) is 4.90 Å². The van der Waals surface area contributed by atoms with E-state index in [0.717, 1.165) is 48.7 Å². The molecule has 0 saturated carbocycles. The molecule has 0 radical (unpaired) electrons. The summed E-state index contributed by atoms with van der Waals surface area (Å²) in [5.41, 5.74) is 2.14. The molecule has 0 aliphatic carbocycles. The molecular formula is C24H31N3O5. The summed E-state index contributed by atoms with van der Waals surface area (Å²) >= 11 is 0. The SMILES string of the molecule is COc1cccc(OC)c1CN1CCc2c(C(=O)N3CCCC3)c(OC)cc(=O)n2CC1. The largest absolute Gasteiger partial charge is 0.496 e. The summed E-state index contributed by atoms with van der Waals surface area (Å²) in [5.74, 6) is 1.88. The fourth-order valence-corrected chi connectivity index (χ4v) is 4.73. The van der Waals surface area contributed by atoms with Crippen molar-refractivity contribution in [2.24, 2.45) is 0 Å². The number of amides is 1. The standard InChI is InChI=1S/C24H31N3O5/c1-30-19-7-6-8-20(31-2)17(19)16-25-12-9-18-23(24(29)26-10-4-5-11-26)21(32-3)15-22(28)27(18)14-13-25/h6-8,15H,4-5,9-14,16H2,1-3H3. The van der Waals surface area contributed by atoms with Crippen molar-refractivity contribution in [1.82, 2.24) is 14.4 Å². The average molecular weight is 442 g/mol. The van der Waals surface area contributed by atoms with E-state index in [9.17, 15) is 9.59 Å². The number of ether oxygens (including phenoxy) is 3. The molecule has 2 aliphatic rings. The first-order chi connectivity index (χ1) is 15.6. The second-order valence-corrected chi connectivity index (χ2v) is 8.19. The van der Waals surface area contributed by atoms with Crippen molar-refractivity contribution >= 4 is 5.91 Å². The van der Waals surface area contributed by atoms with Gasteiger partial charge in [-0.3, -0.25) is 14.5 Å². The summed E-state index contributed by atoms with van der Waals surface area (Å²) in [4.78, 5) is 30.3. The molecule has 32 heavy (non-hydrogen) atoms. The third kappa shape index (κ3) is 4.19. The van der Waals surface area contributed by atoms with E-state index < -0.39 is 0 Å². The van der Waals surface area contributed by atoms with Crippen LogP contribution in [0.1, 0.15) is 34.5 Å². The molecular weight excluding hydrogens is 410 g/mol. The van der Waals surface area contributed by atoms with Crippen molar-refractivity contribution in [1.29, 1.82) is 0 Å². The van der Waals surface area contributed by atoms with Gasteiger partial charge in [-0.2, -0.15) is 0 Å². The highest BCUT2D eigenvalue weighted by atomic mass is 16.5. The second kappa shape index (κ2) is 9.65. The van der Waals surface area contributed by atoms with Crippen molar-refractivity contribution in [3.8, 4) is 17.2 Å². The lowest BCUT2D eigenvalue weighted by Gasteiger charge is -2.22. The van der Waals surface area contributed by atoms with Gasteiger partial charge >= 0.3 is 0 Å². The maximum atomic E-state index is 13.3. The van der Waals surface area contributed by atoms with Crippen molar-refractivity contribution in [2.75, 3.05) is 47.5 Å². The summed E-state index contributed by atoms with van der Waals surface area (Å²) in [6, 6.07) is 7.20. The van der Waals surface area contributed by atoms with Crippen LogP contribution in [0.5, 0.6) is 17.2 Å². The minimum atomic E-state index is -0.133. The molecule has 2 aliphatic heterocycles. The number of aromatic nitrogens is 1. The van der Waals surface area contributed by atoms with Crippen LogP contribution in [-0.2, 0) is 19.5 Å². The summed E-state index contributed by atoms with van der Waals surface area (Å²) in [7, 11) is 4.82. The van der Waals surface area contributed by atoms with Crippen LogP contribution in [0.3, 0.4) is 0 Å². The Kier molecular flexibility index (Phi) is 6.69. The number of benzene rings is 1. The Morgan fingerprint density at radius 3 is 2.19 bits per heavy atom. The number of rotatable bonds is 6. The van der Waals surface area contributed by atoms with E-state index in [4.69, 9.17) is 14.2 Å². The number of likely N-dealkylation sites (tertiary alicyclic amines) is 1. The molecule has 172 valence electrons. The Morgan fingerprint density at radius 1 is 0.906 bits per heavy atom. The molecule has 0 bridgehead atoms. The monoisotopic (exact) mass is 441 g/mol. The van der Waals surface area contributed by atoms with E-state index >= 15 is 0 Å². The average Bonchev–Trinajstić information content (AvgIpc) is 3.27. The van der Waals surface area contributed by atoms with Gasteiger partial charge in [0.05, 0.1) is 26.9 Å². The van der Waals surface area contributed by atoms with E-state index in [1.807, 2.05) is 23.1 Å². The first kappa shape index (κ1) is 22.2. The fraction of sp³-hybridized carbons (Fsp3) is 0.500. The Bertz CT molecular complexity index is 1020. The normalized spacial score (nSPS) is 16.4. The van der Waals surface area contributed by atoms with Gasteiger partial charge in [0.1, 0.15) is 22.8 Å². The van der Waals surface area contributed by atoms with Crippen LogP contribution >= 0.6 is 0 Å². The third-order valence-corrected chi connectivity index (χ3v) is 6.42. The molecule has 4 rings (SSSR count). The van der Waals surface area contributed by atoms with Gasteiger partial charge in [0, 0.05) is 57.4 Å². The Balaban J connectivity index is 1.65. The van der Waals surface area contributed by atoms with E-state index in [1.165, 1.54) is 13.2 Å². The van der Waals surface area contributed by atoms with Crippen LogP contribution in [-0.4, -0.2) is 67.8 Å². The molecule has 2 aromatic rings. The molecule has 1 fully saturated rings. The summed E-state index contributed by atoms with van der Waals surface area (Å²) in [6.07, 6.45) is 2.61. The van der Waals surface area contributed by atoms with E-state index in [-0.39, 0.29) is 11.5 Å². The van der Waals surface area contributed by atoms with Gasteiger partial charge in [0.2, 0.25) is 0 Å². The predicted molar refractivity (Wildman–Crippen MR) is 121 cm³/mol. The number of nitrogens with zero attached hydrogens (tertiary/aromatic N) is 3. The number of hydrogen-bond acceptors (Lipinski definition) is 6. The van der Waals surface area contributed by atoms with Gasteiger partial charge in [-0.05, 0) is 25.0 Å². The van der Waals surface area contributed by atoms with Crippen LogP contribution in [0, 0.1) is 0 Å². The summed E-state index contributed by atoms with van der Waals surface area (Å²) in [6.45, 7) is 4.02. The highest BCUT2D eigenvalue weighted by Crippen LogP contribution is 2.31. The van der Waals surface area contributed by atoms with Gasteiger partial charge in [0.15, 0.2) is 0 Å². The Labute approximate surface area is 188 Å². The van der Waals surface area contributed by atoms with Crippen LogP contribution in [0.15, 0.2) is 29.1 Å². The Hall–Kier alpha value is -3.00. The second-order valence-electron chi connectivity index (χ2n) is 8.19. The maximum Gasteiger partial charge on any atom is 0.259 e. The number of carbonyl (C=O) groups excluding carboxylic acids is 1. The van der Waals surface area contributed by atoms with Gasteiger partial charge < -0.3 is 23.7 Å². The minimum Gasteiger partial charge on any atom is -0.496 e. The molecule has 8 nitrogen and oxygen atoms in total. The molecule has 0 unspecified atom stereocenters. The molecule has 0 spiro atoms. The van der Waals surface area contributed by atoms with Crippen LogP contribution in [0.4, 0.5) is 0 Å². The van der Waals surface area contributed by atoms with E-state index in [0.29, 0.717) is 43.9 Å². The van der Waals surface area contributed by atoms with Gasteiger partial charge in [-0.1, -0.05) is 6.07 Å². The zero-order valence-electron chi connectivity index (χ0n) is 19.1. The zero-order valence-corrected chi connectivity index (χ0v) is 19.1. The first-order valence-corrected chi connectivity index (χ1v) is 11.1. The van der Waals surface area contributed by atoms with Crippen molar-refractivity contribution in [3.05, 3.63) is 51.4 Å². The molecule has 3 heterocycles. The molecule has 1 amide bonds. The van der Waals surface area contributed by atoms with Gasteiger partial charge in [-0.25, -0.2) is 0 Å². The number of fused-ring (bicyclic) bond motifs is 1. The molecule has 0 N–H and O–H groups in total. The number of hydrogen-bond donors (Lipinski definition) is 0. The summed E-state index contributed by atoms with van der Waals surface area (Å²) in [5, 5.41) is 0. The van der Waals surface area contributed by atoms with Crippen molar-refractivity contribution in [3.63, 3.8) is 0 Å². The molecule has 8 heteroatoms.